The highest BCUT2D eigenvalue weighted by Crippen LogP contribution is 2.15. The fourth-order valence-electron chi connectivity index (χ4n) is 1.13. The Balaban J connectivity index is 0. The van der Waals surface area contributed by atoms with Gasteiger partial charge >= 0.3 is 0 Å². The van der Waals surface area contributed by atoms with Crippen molar-refractivity contribution in [1.29, 1.82) is 0 Å². The van der Waals surface area contributed by atoms with Crippen LogP contribution in [0.15, 0.2) is 0 Å². The molecule has 1 unspecified atom stereocenters. The van der Waals surface area contributed by atoms with Gasteiger partial charge in [0.15, 0.2) is 0 Å². The topological polar surface area (TPSA) is 9.23 Å². The zero-order valence-electron chi connectivity index (χ0n) is 9.52. The average molecular weight is 174 g/mol. The molecular formula is C11H26O. The molecular weight excluding hydrogens is 148 g/mol. The zero-order valence-corrected chi connectivity index (χ0v) is 9.52. The molecule has 1 saturated heterocycles. The molecule has 1 nitrogen and oxygen atoms in total. The van der Waals surface area contributed by atoms with Crippen LogP contribution in [-0.2, 0) is 4.74 Å². The van der Waals surface area contributed by atoms with E-state index in [9.17, 15) is 0 Å². The van der Waals surface area contributed by atoms with E-state index >= 15 is 0 Å². The summed E-state index contributed by atoms with van der Waals surface area (Å²) in [6, 6.07) is 0. The number of hydrogen-bond acceptors (Lipinski definition) is 1. The average Bonchev–Trinajstić information content (AvgIpc) is 2.25. The molecule has 0 aliphatic carbocycles. The molecule has 0 amide bonds. The molecule has 0 aromatic rings. The lowest BCUT2D eigenvalue weighted by Gasteiger charge is -2.19. The highest BCUT2D eigenvalue weighted by atomic mass is 16.5. The van der Waals surface area contributed by atoms with Gasteiger partial charge in [0.1, 0.15) is 0 Å². The Labute approximate surface area is 78.5 Å². The highest BCUT2D eigenvalue weighted by Gasteiger charge is 2.09. The first kappa shape index (κ1) is 14.5. The Morgan fingerprint density at radius 2 is 1.75 bits per heavy atom. The summed E-state index contributed by atoms with van der Waals surface area (Å²) in [5.74, 6) is 0.865. The lowest BCUT2D eigenvalue weighted by molar-refractivity contribution is 0.0535. The minimum Gasteiger partial charge on any atom is -0.381 e. The van der Waals surface area contributed by atoms with Crippen molar-refractivity contribution in [3.8, 4) is 0 Å². The second-order valence-electron chi connectivity index (χ2n) is 2.49. The van der Waals surface area contributed by atoms with Crippen molar-refractivity contribution < 1.29 is 4.74 Å². The maximum absolute atomic E-state index is 5.27. The van der Waals surface area contributed by atoms with Crippen LogP contribution in [0, 0.1) is 5.92 Å². The lowest BCUT2D eigenvalue weighted by Crippen LogP contribution is -2.15. The van der Waals surface area contributed by atoms with Gasteiger partial charge in [0.05, 0.1) is 0 Å². The number of ether oxygens (including phenoxy) is 1. The maximum atomic E-state index is 5.27. The second-order valence-corrected chi connectivity index (χ2v) is 2.49. The standard InChI is InChI=1S/C7H14O.2C2H6/c1-2-7-4-3-5-8-6-7;2*1-2/h7H,2-6H2,1H3;2*1-2H3. The van der Waals surface area contributed by atoms with E-state index in [1.807, 2.05) is 27.7 Å². The Morgan fingerprint density at radius 1 is 1.17 bits per heavy atom. The Bertz CT molecular complexity index is 56.0. The van der Waals surface area contributed by atoms with Crippen LogP contribution in [0.2, 0.25) is 0 Å². The summed E-state index contributed by atoms with van der Waals surface area (Å²) in [4.78, 5) is 0. The summed E-state index contributed by atoms with van der Waals surface area (Å²) in [6.45, 7) is 12.2. The van der Waals surface area contributed by atoms with Crippen molar-refractivity contribution in [2.75, 3.05) is 13.2 Å². The van der Waals surface area contributed by atoms with Crippen LogP contribution in [0.4, 0.5) is 0 Å². The van der Waals surface area contributed by atoms with Crippen LogP contribution in [-0.4, -0.2) is 13.2 Å². The van der Waals surface area contributed by atoms with Gasteiger partial charge < -0.3 is 4.74 Å². The van der Waals surface area contributed by atoms with Crippen LogP contribution in [0.3, 0.4) is 0 Å². The first-order valence-corrected chi connectivity index (χ1v) is 5.51. The molecule has 0 spiro atoms. The minimum atomic E-state index is 0.865. The lowest BCUT2D eigenvalue weighted by atomic mass is 10.0. The smallest absolute Gasteiger partial charge is 0.0494 e. The van der Waals surface area contributed by atoms with Gasteiger partial charge in [-0.15, -0.1) is 0 Å². The van der Waals surface area contributed by atoms with E-state index in [0.717, 1.165) is 19.1 Å². The largest absolute Gasteiger partial charge is 0.381 e. The molecule has 0 saturated carbocycles. The van der Waals surface area contributed by atoms with Crippen LogP contribution >= 0.6 is 0 Å². The molecule has 1 atom stereocenters. The first-order valence-electron chi connectivity index (χ1n) is 5.51. The van der Waals surface area contributed by atoms with Gasteiger partial charge in [0.2, 0.25) is 0 Å². The molecule has 1 aliphatic heterocycles. The minimum absolute atomic E-state index is 0.865. The maximum Gasteiger partial charge on any atom is 0.0494 e. The fourth-order valence-corrected chi connectivity index (χ4v) is 1.13. The van der Waals surface area contributed by atoms with Crippen molar-refractivity contribution in [2.24, 2.45) is 5.92 Å². The van der Waals surface area contributed by atoms with E-state index in [1.54, 1.807) is 0 Å². The van der Waals surface area contributed by atoms with E-state index < -0.39 is 0 Å². The molecule has 1 heterocycles. The van der Waals surface area contributed by atoms with Crippen molar-refractivity contribution in [1.82, 2.24) is 0 Å². The second kappa shape index (κ2) is 13.5. The van der Waals surface area contributed by atoms with E-state index in [1.165, 1.54) is 19.3 Å². The van der Waals surface area contributed by atoms with E-state index in [-0.39, 0.29) is 0 Å². The summed E-state index contributed by atoms with van der Waals surface area (Å²) < 4.78 is 5.27. The van der Waals surface area contributed by atoms with Crippen LogP contribution in [0.5, 0.6) is 0 Å². The van der Waals surface area contributed by atoms with Crippen LogP contribution < -0.4 is 0 Å². The Kier molecular flexibility index (Phi) is 16.3. The third kappa shape index (κ3) is 8.06. The third-order valence-electron chi connectivity index (χ3n) is 1.83. The molecule has 76 valence electrons. The van der Waals surface area contributed by atoms with Gasteiger partial charge in [-0.25, -0.2) is 0 Å². The van der Waals surface area contributed by atoms with Crippen molar-refractivity contribution >= 4 is 0 Å². The molecule has 0 bridgehead atoms. The summed E-state index contributed by atoms with van der Waals surface area (Å²) >= 11 is 0. The van der Waals surface area contributed by atoms with Crippen LogP contribution in [0.25, 0.3) is 0 Å². The molecule has 0 aromatic heterocycles. The first-order chi connectivity index (χ1) is 5.93. The molecule has 1 heteroatoms. The number of rotatable bonds is 1. The molecule has 1 aliphatic rings. The zero-order chi connectivity index (χ0) is 9.82. The van der Waals surface area contributed by atoms with Crippen molar-refractivity contribution in [2.45, 2.75) is 53.9 Å². The van der Waals surface area contributed by atoms with E-state index in [2.05, 4.69) is 6.92 Å². The summed E-state index contributed by atoms with van der Waals surface area (Å²) in [5.41, 5.74) is 0. The quantitative estimate of drug-likeness (QED) is 0.586. The summed E-state index contributed by atoms with van der Waals surface area (Å²) in [5, 5.41) is 0. The van der Waals surface area contributed by atoms with E-state index in [0.29, 0.717) is 0 Å². The predicted octanol–water partition coefficient (Wildman–Crippen LogP) is 3.88. The number of hydrogen-bond donors (Lipinski definition) is 0. The van der Waals surface area contributed by atoms with Gasteiger partial charge in [0.25, 0.3) is 0 Å². The van der Waals surface area contributed by atoms with Gasteiger partial charge in [0, 0.05) is 13.2 Å². The Hall–Kier alpha value is -0.0400. The molecule has 1 fully saturated rings. The van der Waals surface area contributed by atoms with Crippen molar-refractivity contribution in [3.05, 3.63) is 0 Å². The molecule has 0 radical (unpaired) electrons. The van der Waals surface area contributed by atoms with Gasteiger partial charge in [-0.1, -0.05) is 41.0 Å². The third-order valence-corrected chi connectivity index (χ3v) is 1.83. The molecule has 0 aromatic carbocycles. The molecule has 12 heavy (non-hydrogen) atoms. The Morgan fingerprint density at radius 3 is 2.00 bits per heavy atom. The molecule has 1 rings (SSSR count). The van der Waals surface area contributed by atoms with Crippen molar-refractivity contribution in [3.63, 3.8) is 0 Å². The fraction of sp³-hybridized carbons (Fsp3) is 1.00. The molecule has 0 N–H and O–H groups in total. The SMILES string of the molecule is CC.CC.CCC1CCCOC1. The van der Waals surface area contributed by atoms with Crippen LogP contribution in [0.1, 0.15) is 53.9 Å². The monoisotopic (exact) mass is 174 g/mol. The summed E-state index contributed by atoms with van der Waals surface area (Å²) in [6.07, 6.45) is 3.95. The van der Waals surface area contributed by atoms with Gasteiger partial charge in [-0.05, 0) is 18.8 Å². The van der Waals surface area contributed by atoms with E-state index in [4.69, 9.17) is 4.74 Å². The summed E-state index contributed by atoms with van der Waals surface area (Å²) in [7, 11) is 0. The van der Waals surface area contributed by atoms with Gasteiger partial charge in [-0.2, -0.15) is 0 Å². The predicted molar refractivity (Wildman–Crippen MR) is 56.5 cm³/mol. The highest BCUT2D eigenvalue weighted by molar-refractivity contribution is 4.59. The normalized spacial score (nSPS) is 21.2. The van der Waals surface area contributed by atoms with Gasteiger partial charge in [-0.3, -0.25) is 0 Å².